The Balaban J connectivity index is 2.33. The van der Waals surface area contributed by atoms with E-state index in [2.05, 4.69) is 0 Å². The number of hydrogen-bond donors (Lipinski definition) is 1. The van der Waals surface area contributed by atoms with Crippen LogP contribution in [0.5, 0.6) is 0 Å². The van der Waals surface area contributed by atoms with Crippen LogP contribution in [0.15, 0.2) is 60.2 Å². The summed E-state index contributed by atoms with van der Waals surface area (Å²) in [6, 6.07) is 13.9. The molecule has 0 heterocycles. The Labute approximate surface area is 138 Å². The van der Waals surface area contributed by atoms with Crippen molar-refractivity contribution in [2.75, 3.05) is 0 Å². The summed E-state index contributed by atoms with van der Waals surface area (Å²) >= 11 is 0. The number of hydrogen-bond acceptors (Lipinski definition) is 4. The predicted molar refractivity (Wildman–Crippen MR) is 88.6 cm³/mol. The van der Waals surface area contributed by atoms with Crippen LogP contribution in [0.1, 0.15) is 22.8 Å². The largest absolute Gasteiger partial charge is 0.478 e. The van der Waals surface area contributed by atoms with Crippen molar-refractivity contribution in [3.63, 3.8) is 0 Å². The van der Waals surface area contributed by atoms with Crippen molar-refractivity contribution >= 4 is 23.5 Å². The van der Waals surface area contributed by atoms with Crippen LogP contribution in [-0.2, 0) is 4.79 Å². The van der Waals surface area contributed by atoms with E-state index < -0.39 is 16.8 Å². The summed E-state index contributed by atoms with van der Waals surface area (Å²) < 4.78 is 0. The summed E-state index contributed by atoms with van der Waals surface area (Å²) in [6.07, 6.45) is 1.36. The number of aliphatic carboxylic acids is 1. The highest BCUT2D eigenvalue weighted by Crippen LogP contribution is 2.21. The van der Waals surface area contributed by atoms with Crippen LogP contribution in [-0.4, -0.2) is 21.8 Å². The number of carbonyl (C=O) groups excluding carboxylic acids is 1. The van der Waals surface area contributed by atoms with Gasteiger partial charge in [-0.25, -0.2) is 4.79 Å². The fourth-order valence-corrected chi connectivity index (χ4v) is 2.24. The zero-order chi connectivity index (χ0) is 17.7. The lowest BCUT2D eigenvalue weighted by atomic mass is 9.90. The Morgan fingerprint density at radius 2 is 1.67 bits per heavy atom. The molecule has 6 heteroatoms. The molecule has 0 spiro atoms. The molecule has 0 fully saturated rings. The van der Waals surface area contributed by atoms with Crippen molar-refractivity contribution in [2.24, 2.45) is 5.92 Å². The fourth-order valence-electron chi connectivity index (χ4n) is 2.24. The van der Waals surface area contributed by atoms with Gasteiger partial charge in [0, 0.05) is 23.3 Å². The van der Waals surface area contributed by atoms with Crippen molar-refractivity contribution in [1.29, 1.82) is 0 Å². The predicted octanol–water partition coefficient (Wildman–Crippen LogP) is 3.58. The number of carbonyl (C=O) groups is 2. The normalized spacial score (nSPS) is 12.5. The molecule has 0 radical (unpaired) electrons. The molecule has 2 aromatic rings. The minimum atomic E-state index is -1.20. The van der Waals surface area contributed by atoms with Gasteiger partial charge in [0.15, 0.2) is 5.78 Å². The highest BCUT2D eigenvalue weighted by Gasteiger charge is 2.24. The second-order valence-electron chi connectivity index (χ2n) is 5.21. The first kappa shape index (κ1) is 17.1. The molecule has 0 saturated heterocycles. The molecule has 0 amide bonds. The topological polar surface area (TPSA) is 97.5 Å². The molecule has 0 aliphatic carbocycles. The fraction of sp³-hybridized carbons (Fsp3) is 0.111. The van der Waals surface area contributed by atoms with Crippen molar-refractivity contribution in [3.05, 3.63) is 81.4 Å². The standard InChI is InChI=1S/C18H15NO5/c1-12(17(20)14-5-3-2-4-6-14)16(18(21)22)11-13-7-9-15(10-8-13)19(23)24/h2-12H,1H3,(H,21,22)/b16-11+. The number of benzene rings is 2. The van der Waals surface area contributed by atoms with Crippen LogP contribution in [0.3, 0.4) is 0 Å². The summed E-state index contributed by atoms with van der Waals surface area (Å²) in [5.41, 5.74) is 0.752. The molecule has 0 bridgehead atoms. The number of nitro groups is 1. The van der Waals surface area contributed by atoms with Gasteiger partial charge in [-0.3, -0.25) is 14.9 Å². The molecule has 1 unspecified atom stereocenters. The van der Waals surface area contributed by atoms with Gasteiger partial charge in [0.2, 0.25) is 0 Å². The van der Waals surface area contributed by atoms with Crippen LogP contribution in [0.25, 0.3) is 6.08 Å². The maximum Gasteiger partial charge on any atom is 0.332 e. The van der Waals surface area contributed by atoms with E-state index in [9.17, 15) is 24.8 Å². The molecule has 2 aromatic carbocycles. The van der Waals surface area contributed by atoms with Crippen LogP contribution in [0.2, 0.25) is 0 Å². The van der Waals surface area contributed by atoms with Gasteiger partial charge in [0.25, 0.3) is 5.69 Å². The zero-order valence-electron chi connectivity index (χ0n) is 12.9. The third-order valence-corrected chi connectivity index (χ3v) is 3.59. The van der Waals surface area contributed by atoms with Gasteiger partial charge >= 0.3 is 5.97 Å². The first-order chi connectivity index (χ1) is 11.4. The van der Waals surface area contributed by atoms with Crippen LogP contribution in [0.4, 0.5) is 5.69 Å². The summed E-state index contributed by atoms with van der Waals surface area (Å²) in [6.45, 7) is 1.53. The molecule has 0 aromatic heterocycles. The third-order valence-electron chi connectivity index (χ3n) is 3.59. The Bertz CT molecular complexity index is 794. The van der Waals surface area contributed by atoms with Gasteiger partial charge in [0.1, 0.15) is 0 Å². The van der Waals surface area contributed by atoms with E-state index in [-0.39, 0.29) is 17.0 Å². The minimum absolute atomic E-state index is 0.0716. The van der Waals surface area contributed by atoms with Gasteiger partial charge in [-0.05, 0) is 23.8 Å². The smallest absolute Gasteiger partial charge is 0.332 e. The van der Waals surface area contributed by atoms with E-state index in [1.165, 1.54) is 37.3 Å². The number of nitro benzene ring substituents is 1. The van der Waals surface area contributed by atoms with Crippen LogP contribution < -0.4 is 0 Å². The quantitative estimate of drug-likeness (QED) is 0.379. The average Bonchev–Trinajstić information content (AvgIpc) is 2.59. The molecule has 1 N–H and O–H groups in total. The molecule has 24 heavy (non-hydrogen) atoms. The lowest BCUT2D eigenvalue weighted by Gasteiger charge is -2.12. The highest BCUT2D eigenvalue weighted by molar-refractivity contribution is 6.06. The van der Waals surface area contributed by atoms with Gasteiger partial charge in [-0.1, -0.05) is 37.3 Å². The molecule has 122 valence electrons. The molecule has 0 aliphatic heterocycles. The van der Waals surface area contributed by atoms with Crippen LogP contribution in [0, 0.1) is 16.0 Å². The van der Waals surface area contributed by atoms with Crippen LogP contribution >= 0.6 is 0 Å². The van der Waals surface area contributed by atoms with Crippen molar-refractivity contribution < 1.29 is 19.6 Å². The number of carboxylic acid groups (broad SMARTS) is 1. The number of nitrogens with zero attached hydrogens (tertiary/aromatic N) is 1. The first-order valence-corrected chi connectivity index (χ1v) is 7.18. The Morgan fingerprint density at radius 3 is 2.17 bits per heavy atom. The first-order valence-electron chi connectivity index (χ1n) is 7.18. The Morgan fingerprint density at radius 1 is 1.08 bits per heavy atom. The number of non-ortho nitro benzene ring substituents is 1. The lowest BCUT2D eigenvalue weighted by Crippen LogP contribution is -2.19. The monoisotopic (exact) mass is 325 g/mol. The molecule has 2 rings (SSSR count). The third kappa shape index (κ3) is 3.92. The van der Waals surface area contributed by atoms with Gasteiger partial charge in [-0.2, -0.15) is 0 Å². The van der Waals surface area contributed by atoms with Gasteiger partial charge in [0.05, 0.1) is 10.8 Å². The summed E-state index contributed by atoms with van der Waals surface area (Å²) in [7, 11) is 0. The lowest BCUT2D eigenvalue weighted by molar-refractivity contribution is -0.384. The number of Topliss-reactive ketones (excluding diaryl/α,β-unsaturated/α-hetero) is 1. The second-order valence-corrected chi connectivity index (χ2v) is 5.21. The van der Waals surface area contributed by atoms with Gasteiger partial charge in [-0.15, -0.1) is 0 Å². The van der Waals surface area contributed by atoms with E-state index in [1.54, 1.807) is 30.3 Å². The van der Waals surface area contributed by atoms with Crippen molar-refractivity contribution in [2.45, 2.75) is 6.92 Å². The van der Waals surface area contributed by atoms with E-state index in [1.807, 2.05) is 0 Å². The Hall–Kier alpha value is -3.28. The SMILES string of the molecule is CC(C(=O)c1ccccc1)/C(=C\c1ccc([N+](=O)[O-])cc1)C(=O)O. The molecule has 0 saturated carbocycles. The van der Waals surface area contributed by atoms with E-state index in [4.69, 9.17) is 0 Å². The minimum Gasteiger partial charge on any atom is -0.478 e. The van der Waals surface area contributed by atoms with Gasteiger partial charge < -0.3 is 5.11 Å². The van der Waals surface area contributed by atoms with Crippen molar-refractivity contribution in [1.82, 2.24) is 0 Å². The average molecular weight is 325 g/mol. The number of ketones is 1. The van der Waals surface area contributed by atoms with E-state index in [0.717, 1.165) is 0 Å². The summed E-state index contributed by atoms with van der Waals surface area (Å²) in [4.78, 5) is 34.1. The van der Waals surface area contributed by atoms with E-state index in [0.29, 0.717) is 11.1 Å². The van der Waals surface area contributed by atoms with Crippen molar-refractivity contribution in [3.8, 4) is 0 Å². The second kappa shape index (κ2) is 7.32. The summed E-state index contributed by atoms with van der Waals surface area (Å²) in [5, 5.41) is 20.1. The molecular formula is C18H15NO5. The molecule has 1 atom stereocenters. The van der Waals surface area contributed by atoms with E-state index >= 15 is 0 Å². The maximum absolute atomic E-state index is 12.4. The number of carboxylic acids is 1. The maximum atomic E-state index is 12.4. The molecule has 6 nitrogen and oxygen atoms in total. The zero-order valence-corrected chi connectivity index (χ0v) is 12.9. The summed E-state index contributed by atoms with van der Waals surface area (Å²) in [5.74, 6) is -2.35. The highest BCUT2D eigenvalue weighted by atomic mass is 16.6. The molecule has 0 aliphatic rings. The Kier molecular flexibility index (Phi) is 5.21. The number of rotatable bonds is 6. The molecular weight excluding hydrogens is 310 g/mol.